The van der Waals surface area contributed by atoms with Gasteiger partial charge >= 0.3 is 0 Å². The van der Waals surface area contributed by atoms with Crippen molar-refractivity contribution in [1.82, 2.24) is 24.9 Å². The second-order valence-corrected chi connectivity index (χ2v) is 6.96. The lowest BCUT2D eigenvalue weighted by Gasteiger charge is -2.32. The number of nitrogens with zero attached hydrogens (tertiary/aromatic N) is 4. The van der Waals surface area contributed by atoms with Gasteiger partial charge in [-0.3, -0.25) is 14.6 Å². The Hall–Kier alpha value is -2.89. The number of aromatic nitrogens is 4. The monoisotopic (exact) mass is 349 g/mol. The molecule has 1 unspecified atom stereocenters. The molecule has 3 heterocycles. The highest BCUT2D eigenvalue weighted by Crippen LogP contribution is 2.28. The van der Waals surface area contributed by atoms with E-state index in [1.54, 1.807) is 6.20 Å². The van der Waals surface area contributed by atoms with Crippen LogP contribution in [0.5, 0.6) is 0 Å². The van der Waals surface area contributed by atoms with Crippen LogP contribution in [0.2, 0.25) is 0 Å². The lowest BCUT2D eigenvalue weighted by atomic mass is 9.92. The standard InChI is InChI=1S/C20H23N5O/c1-15-12-21-23-19(15)18-7-3-9-24(14-18)20(26)17-6-2-5-16(11-17)13-25-10-4-8-22-25/h2,4-6,8,10-12,18H,3,7,9,13-14H2,1H3,(H,21,23). The minimum absolute atomic E-state index is 0.106. The molecule has 4 rings (SSSR count). The predicted molar refractivity (Wildman–Crippen MR) is 99.0 cm³/mol. The molecule has 1 fully saturated rings. The summed E-state index contributed by atoms with van der Waals surface area (Å²) in [6.07, 6.45) is 7.65. The fourth-order valence-electron chi connectivity index (χ4n) is 3.73. The van der Waals surface area contributed by atoms with Gasteiger partial charge in [0.1, 0.15) is 0 Å². The molecule has 26 heavy (non-hydrogen) atoms. The first-order valence-corrected chi connectivity index (χ1v) is 9.06. The molecule has 1 aliphatic heterocycles. The number of aromatic amines is 1. The van der Waals surface area contributed by atoms with Crippen LogP contribution in [0.1, 0.15) is 45.9 Å². The summed E-state index contributed by atoms with van der Waals surface area (Å²) in [5.74, 6) is 0.441. The Labute approximate surface area is 152 Å². The van der Waals surface area contributed by atoms with Crippen LogP contribution in [0.25, 0.3) is 0 Å². The lowest BCUT2D eigenvalue weighted by molar-refractivity contribution is 0.0705. The summed E-state index contributed by atoms with van der Waals surface area (Å²) in [4.78, 5) is 15.0. The number of hydrogen-bond donors (Lipinski definition) is 1. The zero-order valence-electron chi connectivity index (χ0n) is 14.9. The fourth-order valence-corrected chi connectivity index (χ4v) is 3.73. The van der Waals surface area contributed by atoms with Crippen LogP contribution >= 0.6 is 0 Å². The number of rotatable bonds is 4. The van der Waals surface area contributed by atoms with Gasteiger partial charge < -0.3 is 4.90 Å². The third-order valence-corrected chi connectivity index (χ3v) is 5.06. The van der Waals surface area contributed by atoms with Crippen molar-refractivity contribution < 1.29 is 4.79 Å². The molecule has 0 bridgehead atoms. The SMILES string of the molecule is Cc1cn[nH]c1C1CCCN(C(=O)c2cccc(Cn3cccn3)c2)C1. The van der Waals surface area contributed by atoms with Gasteiger partial charge in [-0.1, -0.05) is 12.1 Å². The van der Waals surface area contributed by atoms with E-state index in [0.717, 1.165) is 42.8 Å². The highest BCUT2D eigenvalue weighted by atomic mass is 16.2. The average Bonchev–Trinajstić information content (AvgIpc) is 3.33. The van der Waals surface area contributed by atoms with Crippen LogP contribution in [0.3, 0.4) is 0 Å². The molecule has 1 N–H and O–H groups in total. The Kier molecular flexibility index (Phi) is 4.56. The van der Waals surface area contributed by atoms with Gasteiger partial charge in [0.05, 0.1) is 12.7 Å². The van der Waals surface area contributed by atoms with Crippen molar-refractivity contribution in [2.24, 2.45) is 0 Å². The molecule has 1 atom stereocenters. The summed E-state index contributed by atoms with van der Waals surface area (Å²) in [5.41, 5.74) is 4.16. The third kappa shape index (κ3) is 3.40. The average molecular weight is 349 g/mol. The smallest absolute Gasteiger partial charge is 0.253 e. The van der Waals surface area contributed by atoms with Gasteiger partial charge in [-0.2, -0.15) is 10.2 Å². The molecule has 1 aromatic carbocycles. The van der Waals surface area contributed by atoms with Gasteiger partial charge in [0, 0.05) is 42.7 Å². The number of carbonyl (C=O) groups excluding carboxylic acids is 1. The van der Waals surface area contributed by atoms with Crippen molar-refractivity contribution in [1.29, 1.82) is 0 Å². The van der Waals surface area contributed by atoms with Gasteiger partial charge in [0.15, 0.2) is 0 Å². The minimum atomic E-state index is 0.106. The van der Waals surface area contributed by atoms with E-state index in [4.69, 9.17) is 0 Å². The van der Waals surface area contributed by atoms with Crippen LogP contribution in [-0.4, -0.2) is 43.9 Å². The molecule has 0 aliphatic carbocycles. The maximum absolute atomic E-state index is 13.0. The molecular formula is C20H23N5O. The summed E-state index contributed by atoms with van der Waals surface area (Å²) in [6, 6.07) is 9.77. The van der Waals surface area contributed by atoms with E-state index in [9.17, 15) is 4.79 Å². The Morgan fingerprint density at radius 3 is 3.04 bits per heavy atom. The zero-order chi connectivity index (χ0) is 17.9. The highest BCUT2D eigenvalue weighted by molar-refractivity contribution is 5.94. The summed E-state index contributed by atoms with van der Waals surface area (Å²) >= 11 is 0. The van der Waals surface area contributed by atoms with Gasteiger partial charge in [-0.15, -0.1) is 0 Å². The highest BCUT2D eigenvalue weighted by Gasteiger charge is 2.27. The third-order valence-electron chi connectivity index (χ3n) is 5.06. The lowest BCUT2D eigenvalue weighted by Crippen LogP contribution is -2.39. The molecule has 0 spiro atoms. The van der Waals surface area contributed by atoms with Crippen molar-refractivity contribution in [2.45, 2.75) is 32.2 Å². The van der Waals surface area contributed by atoms with Crippen LogP contribution in [0.15, 0.2) is 48.9 Å². The fraction of sp³-hybridized carbons (Fsp3) is 0.350. The van der Waals surface area contributed by atoms with Gasteiger partial charge in [0.2, 0.25) is 0 Å². The summed E-state index contributed by atoms with van der Waals surface area (Å²) in [5, 5.41) is 11.5. The van der Waals surface area contributed by atoms with Crippen molar-refractivity contribution >= 4 is 5.91 Å². The van der Waals surface area contributed by atoms with Gasteiger partial charge in [-0.05, 0) is 49.1 Å². The van der Waals surface area contributed by atoms with Crippen LogP contribution in [0, 0.1) is 6.92 Å². The molecule has 2 aromatic heterocycles. The minimum Gasteiger partial charge on any atom is -0.338 e. The summed E-state index contributed by atoms with van der Waals surface area (Å²) in [6.45, 7) is 4.29. The number of piperidine rings is 1. The first-order chi connectivity index (χ1) is 12.7. The molecule has 0 radical (unpaired) electrons. The number of aryl methyl sites for hydroxylation is 1. The molecule has 0 saturated carbocycles. The second-order valence-electron chi connectivity index (χ2n) is 6.96. The van der Waals surface area contributed by atoms with E-state index < -0.39 is 0 Å². The van der Waals surface area contributed by atoms with E-state index in [0.29, 0.717) is 12.5 Å². The van der Waals surface area contributed by atoms with Crippen LogP contribution in [0.4, 0.5) is 0 Å². The normalized spacial score (nSPS) is 17.4. The van der Waals surface area contributed by atoms with Crippen molar-refractivity contribution in [3.05, 3.63) is 71.3 Å². The Morgan fingerprint density at radius 1 is 1.35 bits per heavy atom. The Balaban J connectivity index is 1.49. The number of H-pyrrole nitrogens is 1. The number of carbonyl (C=O) groups is 1. The number of nitrogens with one attached hydrogen (secondary N) is 1. The van der Waals surface area contributed by atoms with Crippen LogP contribution in [-0.2, 0) is 6.54 Å². The second kappa shape index (κ2) is 7.15. The zero-order valence-corrected chi connectivity index (χ0v) is 14.9. The van der Waals surface area contributed by atoms with Crippen molar-refractivity contribution in [3.63, 3.8) is 0 Å². The molecule has 1 aliphatic rings. The van der Waals surface area contributed by atoms with E-state index in [2.05, 4.69) is 22.2 Å². The maximum Gasteiger partial charge on any atom is 0.253 e. The number of likely N-dealkylation sites (tertiary alicyclic amines) is 1. The number of benzene rings is 1. The van der Waals surface area contributed by atoms with E-state index in [-0.39, 0.29) is 5.91 Å². The molecule has 134 valence electrons. The largest absolute Gasteiger partial charge is 0.338 e. The number of hydrogen-bond acceptors (Lipinski definition) is 3. The molecule has 1 saturated heterocycles. The quantitative estimate of drug-likeness (QED) is 0.787. The molecular weight excluding hydrogens is 326 g/mol. The number of amides is 1. The Morgan fingerprint density at radius 2 is 2.27 bits per heavy atom. The van der Waals surface area contributed by atoms with Crippen molar-refractivity contribution in [2.75, 3.05) is 13.1 Å². The summed E-state index contributed by atoms with van der Waals surface area (Å²) < 4.78 is 1.86. The molecule has 6 nitrogen and oxygen atoms in total. The topological polar surface area (TPSA) is 66.8 Å². The van der Waals surface area contributed by atoms with E-state index in [1.807, 2.05) is 52.3 Å². The van der Waals surface area contributed by atoms with E-state index >= 15 is 0 Å². The molecule has 3 aromatic rings. The first kappa shape index (κ1) is 16.6. The van der Waals surface area contributed by atoms with E-state index in [1.165, 1.54) is 5.56 Å². The van der Waals surface area contributed by atoms with Gasteiger partial charge in [-0.25, -0.2) is 0 Å². The van der Waals surface area contributed by atoms with Crippen molar-refractivity contribution in [3.8, 4) is 0 Å². The summed E-state index contributed by atoms with van der Waals surface area (Å²) in [7, 11) is 0. The first-order valence-electron chi connectivity index (χ1n) is 9.06. The molecule has 6 heteroatoms. The van der Waals surface area contributed by atoms with Gasteiger partial charge in [0.25, 0.3) is 5.91 Å². The predicted octanol–water partition coefficient (Wildman–Crippen LogP) is 2.98. The maximum atomic E-state index is 13.0. The molecule has 1 amide bonds. The Bertz CT molecular complexity index is 883. The van der Waals surface area contributed by atoms with Crippen LogP contribution < -0.4 is 0 Å².